The zero-order chi connectivity index (χ0) is 17.4. The third-order valence-electron chi connectivity index (χ3n) is 4.98. The Morgan fingerprint density at radius 3 is 2.32 bits per heavy atom. The first-order valence-electron chi connectivity index (χ1n) is 8.59. The largest absolute Gasteiger partial charge is 0.294 e. The molecule has 5 nitrogen and oxygen atoms in total. The van der Waals surface area contributed by atoms with Crippen LogP contribution in [0.5, 0.6) is 0 Å². The molecule has 1 aliphatic carbocycles. The van der Waals surface area contributed by atoms with E-state index in [2.05, 4.69) is 4.98 Å². The van der Waals surface area contributed by atoms with Crippen molar-refractivity contribution in [3.8, 4) is 0 Å². The van der Waals surface area contributed by atoms with Crippen molar-refractivity contribution in [1.29, 1.82) is 0 Å². The van der Waals surface area contributed by atoms with Crippen molar-refractivity contribution in [3.05, 3.63) is 46.4 Å². The maximum absolute atomic E-state index is 12.8. The van der Waals surface area contributed by atoms with Crippen LogP contribution in [0.1, 0.15) is 47.0 Å². The zero-order valence-electron chi connectivity index (χ0n) is 13.8. The van der Waals surface area contributed by atoms with E-state index in [1.165, 1.54) is 0 Å². The van der Waals surface area contributed by atoms with Gasteiger partial charge in [0.15, 0.2) is 5.78 Å². The number of benzene rings is 1. The Hall–Kier alpha value is -1.57. The van der Waals surface area contributed by atoms with Gasteiger partial charge in [-0.1, -0.05) is 12.1 Å². The lowest BCUT2D eigenvalue weighted by Crippen LogP contribution is -2.37. The standard InChI is InChI=1S/C18H20N2O3S2/c21-17(13-1-2-13)14-3-5-16(6-4-14)25(22,23)20-10-7-15(8-11-20)18-19-9-12-24-18/h3-6,9,12-13,15H,1-2,7-8,10-11H2. The SMILES string of the molecule is O=C(c1ccc(S(=O)(=O)N2CCC(c3nccs3)CC2)cc1)C1CC1. The van der Waals surface area contributed by atoms with Crippen molar-refractivity contribution in [2.75, 3.05) is 13.1 Å². The Balaban J connectivity index is 1.45. The van der Waals surface area contributed by atoms with Crippen LogP contribution in [0.4, 0.5) is 0 Å². The molecule has 0 amide bonds. The first-order chi connectivity index (χ1) is 12.1. The molecule has 2 heterocycles. The van der Waals surface area contributed by atoms with Gasteiger partial charge in [0, 0.05) is 42.1 Å². The van der Waals surface area contributed by atoms with Crippen molar-refractivity contribution in [2.45, 2.75) is 36.5 Å². The van der Waals surface area contributed by atoms with Gasteiger partial charge in [-0.25, -0.2) is 13.4 Å². The van der Waals surface area contributed by atoms with Gasteiger partial charge in [0.25, 0.3) is 0 Å². The molecule has 1 aromatic heterocycles. The molecule has 0 unspecified atom stereocenters. The molecule has 4 rings (SSSR count). The third kappa shape index (κ3) is 3.41. The molecular formula is C18H20N2O3S2. The Morgan fingerprint density at radius 1 is 1.08 bits per heavy atom. The second kappa shape index (κ2) is 6.63. The maximum Gasteiger partial charge on any atom is 0.243 e. The second-order valence-electron chi connectivity index (χ2n) is 6.71. The lowest BCUT2D eigenvalue weighted by molar-refractivity contribution is 0.0967. The number of thiazole rings is 1. The Kier molecular flexibility index (Phi) is 4.47. The molecule has 1 aromatic carbocycles. The van der Waals surface area contributed by atoms with Crippen molar-refractivity contribution < 1.29 is 13.2 Å². The minimum atomic E-state index is -3.50. The smallest absolute Gasteiger partial charge is 0.243 e. The molecule has 1 aliphatic heterocycles. The first-order valence-corrected chi connectivity index (χ1v) is 10.9. The molecule has 1 saturated carbocycles. The molecule has 2 aliphatic rings. The summed E-state index contributed by atoms with van der Waals surface area (Å²) in [5.74, 6) is 0.630. The molecule has 2 fully saturated rings. The highest BCUT2D eigenvalue weighted by Gasteiger charge is 2.32. The van der Waals surface area contributed by atoms with Gasteiger partial charge in [-0.15, -0.1) is 11.3 Å². The average Bonchev–Trinajstić information content (AvgIpc) is 3.35. The number of Topliss-reactive ketones (excluding diaryl/α,β-unsaturated/α-hetero) is 1. The molecule has 0 spiro atoms. The van der Waals surface area contributed by atoms with Crippen LogP contribution in [0.3, 0.4) is 0 Å². The monoisotopic (exact) mass is 376 g/mol. The molecule has 0 atom stereocenters. The fourth-order valence-corrected chi connectivity index (χ4v) is 5.58. The molecular weight excluding hydrogens is 356 g/mol. The lowest BCUT2D eigenvalue weighted by Gasteiger charge is -2.30. The molecule has 0 N–H and O–H groups in total. The maximum atomic E-state index is 12.8. The van der Waals surface area contributed by atoms with Gasteiger partial charge in [0.1, 0.15) is 0 Å². The first kappa shape index (κ1) is 16.9. The fourth-order valence-electron chi connectivity index (χ4n) is 3.30. The molecule has 0 bridgehead atoms. The van der Waals surface area contributed by atoms with E-state index in [0.29, 0.717) is 24.6 Å². The van der Waals surface area contributed by atoms with Crippen molar-refractivity contribution in [1.82, 2.24) is 9.29 Å². The number of sulfonamides is 1. The van der Waals surface area contributed by atoms with E-state index < -0.39 is 10.0 Å². The van der Waals surface area contributed by atoms with Gasteiger partial charge in [-0.2, -0.15) is 4.31 Å². The van der Waals surface area contributed by atoms with Gasteiger partial charge in [-0.05, 0) is 37.8 Å². The van der Waals surface area contributed by atoms with Crippen molar-refractivity contribution in [3.63, 3.8) is 0 Å². The van der Waals surface area contributed by atoms with E-state index in [1.807, 2.05) is 5.38 Å². The third-order valence-corrected chi connectivity index (χ3v) is 7.83. The highest BCUT2D eigenvalue weighted by Crippen LogP contribution is 2.34. The van der Waals surface area contributed by atoms with Crippen LogP contribution in [0, 0.1) is 5.92 Å². The molecule has 2 aromatic rings. The van der Waals surface area contributed by atoms with Crippen molar-refractivity contribution in [2.24, 2.45) is 5.92 Å². The van der Waals surface area contributed by atoms with Gasteiger partial charge < -0.3 is 0 Å². The highest BCUT2D eigenvalue weighted by atomic mass is 32.2. The Labute approximate surface area is 151 Å². The van der Waals surface area contributed by atoms with Crippen LogP contribution in [0.25, 0.3) is 0 Å². The van der Waals surface area contributed by atoms with Gasteiger partial charge >= 0.3 is 0 Å². The van der Waals surface area contributed by atoms with Crippen molar-refractivity contribution >= 4 is 27.1 Å². The molecule has 1 saturated heterocycles. The second-order valence-corrected chi connectivity index (χ2v) is 9.58. The summed E-state index contributed by atoms with van der Waals surface area (Å²) in [6.07, 6.45) is 5.30. The predicted molar refractivity (Wildman–Crippen MR) is 96.3 cm³/mol. The number of aromatic nitrogens is 1. The van der Waals surface area contributed by atoms with E-state index in [1.54, 1.807) is 46.1 Å². The summed E-state index contributed by atoms with van der Waals surface area (Å²) in [6.45, 7) is 1.02. The van der Waals surface area contributed by atoms with Crippen LogP contribution in [0.15, 0.2) is 40.7 Å². The zero-order valence-corrected chi connectivity index (χ0v) is 15.4. The van der Waals surface area contributed by atoms with E-state index in [-0.39, 0.29) is 16.6 Å². The summed E-state index contributed by atoms with van der Waals surface area (Å²) in [5, 5.41) is 3.06. The number of carbonyl (C=O) groups excluding carboxylic acids is 1. The van der Waals surface area contributed by atoms with E-state index in [9.17, 15) is 13.2 Å². The number of rotatable bonds is 5. The molecule has 25 heavy (non-hydrogen) atoms. The number of nitrogens with zero attached hydrogens (tertiary/aromatic N) is 2. The van der Waals surface area contributed by atoms with Crippen LogP contribution in [-0.4, -0.2) is 36.6 Å². The van der Waals surface area contributed by atoms with Gasteiger partial charge in [0.2, 0.25) is 10.0 Å². The molecule has 132 valence electrons. The normalized spacial score (nSPS) is 19.8. The van der Waals surface area contributed by atoms with E-state index in [0.717, 1.165) is 30.7 Å². The van der Waals surface area contributed by atoms with Gasteiger partial charge in [-0.3, -0.25) is 4.79 Å². The minimum absolute atomic E-state index is 0.133. The van der Waals surface area contributed by atoms with E-state index in [4.69, 9.17) is 0 Å². The van der Waals surface area contributed by atoms with E-state index >= 15 is 0 Å². The summed E-state index contributed by atoms with van der Waals surface area (Å²) in [7, 11) is -3.50. The fraction of sp³-hybridized carbons (Fsp3) is 0.444. The predicted octanol–water partition coefficient (Wildman–Crippen LogP) is 3.30. The van der Waals surface area contributed by atoms with Crippen LogP contribution in [0.2, 0.25) is 0 Å². The summed E-state index contributed by atoms with van der Waals surface area (Å²) >= 11 is 1.64. The van der Waals surface area contributed by atoms with Gasteiger partial charge in [0.05, 0.1) is 9.90 Å². The number of ketones is 1. The lowest BCUT2D eigenvalue weighted by atomic mass is 9.99. The molecule has 7 heteroatoms. The summed E-state index contributed by atoms with van der Waals surface area (Å²) in [5.41, 5.74) is 0.615. The van der Waals surface area contributed by atoms with Crippen LogP contribution < -0.4 is 0 Å². The Morgan fingerprint density at radius 2 is 1.76 bits per heavy atom. The quantitative estimate of drug-likeness (QED) is 0.751. The summed E-state index contributed by atoms with van der Waals surface area (Å²) in [6, 6.07) is 6.43. The highest BCUT2D eigenvalue weighted by molar-refractivity contribution is 7.89. The topological polar surface area (TPSA) is 67.3 Å². The number of hydrogen-bond acceptors (Lipinski definition) is 5. The molecule has 0 radical (unpaired) electrons. The van der Waals surface area contributed by atoms with Crippen LogP contribution in [-0.2, 0) is 10.0 Å². The van der Waals surface area contributed by atoms with Crippen LogP contribution >= 0.6 is 11.3 Å². The Bertz CT molecular complexity index is 848. The summed E-state index contributed by atoms with van der Waals surface area (Å²) < 4.78 is 27.2. The number of hydrogen-bond donors (Lipinski definition) is 0. The summed E-state index contributed by atoms with van der Waals surface area (Å²) in [4.78, 5) is 16.7. The number of piperidine rings is 1. The number of carbonyl (C=O) groups is 1. The average molecular weight is 377 g/mol. The minimum Gasteiger partial charge on any atom is -0.294 e.